The Bertz CT molecular complexity index is 4650. The van der Waals surface area contributed by atoms with Gasteiger partial charge in [-0.3, -0.25) is 4.98 Å². The molecular formula is C66H38F2N4. The second kappa shape index (κ2) is 15.5. The molecule has 0 atom stereocenters. The summed E-state index contributed by atoms with van der Waals surface area (Å²) in [6, 6.07) is 77.3. The molecule has 14 aromatic carbocycles. The zero-order chi connectivity index (χ0) is 47.6. The van der Waals surface area contributed by atoms with Crippen LogP contribution >= 0.6 is 0 Å². The van der Waals surface area contributed by atoms with Crippen molar-refractivity contribution >= 4 is 131 Å². The van der Waals surface area contributed by atoms with E-state index in [0.717, 1.165) is 77.9 Å². The predicted octanol–water partition coefficient (Wildman–Crippen LogP) is 18.6. The largest absolute Gasteiger partial charge is 0.310 e. The lowest BCUT2D eigenvalue weighted by molar-refractivity contribution is 0.584. The van der Waals surface area contributed by atoms with Gasteiger partial charge in [-0.05, 0) is 137 Å². The van der Waals surface area contributed by atoms with E-state index in [2.05, 4.69) is 204 Å². The molecule has 6 heteroatoms. The Kier molecular flexibility index (Phi) is 8.69. The highest BCUT2D eigenvalue weighted by atomic mass is 19.1. The van der Waals surface area contributed by atoms with Crippen LogP contribution in [0.25, 0.3) is 108 Å². The fraction of sp³-hybridized carbons (Fsp3) is 0. The van der Waals surface area contributed by atoms with Crippen molar-refractivity contribution in [2.45, 2.75) is 0 Å². The summed E-state index contributed by atoms with van der Waals surface area (Å²) >= 11 is 0. The van der Waals surface area contributed by atoms with Gasteiger partial charge in [-0.15, -0.1) is 0 Å². The second-order valence-corrected chi connectivity index (χ2v) is 18.8. The fourth-order valence-corrected chi connectivity index (χ4v) is 11.7. The smallest absolute Gasteiger partial charge is 0.126 e. The van der Waals surface area contributed by atoms with Crippen LogP contribution < -0.4 is 9.80 Å². The minimum Gasteiger partial charge on any atom is -0.310 e. The summed E-state index contributed by atoms with van der Waals surface area (Å²) in [7, 11) is 0. The standard InChI is InChI=1S/C66H38F2N4/c67-46-31-45(32-47(68)35-46)58-38-69-65-56-36-50(71(48-17-3-1-4-18-48)59-33-43-15-7-11-39-23-25-41-13-9-21-54(59)63(41)61(39)43)27-29-52(56)53-30-28-51(37-57(53)66(65)70-58)72(49-19-5-2-6-20-49)60-34-44-16-8-12-40-24-26-42-14-10-22-55(60)64(42)62(40)44/h1-38H. The molecule has 15 aromatic rings. The van der Waals surface area contributed by atoms with Crippen molar-refractivity contribution in [1.29, 1.82) is 0 Å². The summed E-state index contributed by atoms with van der Waals surface area (Å²) in [5.74, 6) is -1.36. The van der Waals surface area contributed by atoms with Gasteiger partial charge in [0.1, 0.15) is 11.6 Å². The first kappa shape index (κ1) is 40.4. The molecule has 72 heavy (non-hydrogen) atoms. The van der Waals surface area contributed by atoms with Gasteiger partial charge in [-0.1, -0.05) is 146 Å². The number of aromatic nitrogens is 2. The Labute approximate surface area is 411 Å². The Morgan fingerprint density at radius 3 is 1.25 bits per heavy atom. The molecule has 0 saturated carbocycles. The third kappa shape index (κ3) is 6.09. The number of hydrogen-bond donors (Lipinski definition) is 0. The molecule has 0 saturated heterocycles. The first-order valence-electron chi connectivity index (χ1n) is 24.2. The molecule has 0 unspecified atom stereocenters. The van der Waals surface area contributed by atoms with Crippen LogP contribution in [-0.4, -0.2) is 9.97 Å². The Morgan fingerprint density at radius 2 is 0.750 bits per heavy atom. The lowest BCUT2D eigenvalue weighted by Gasteiger charge is -2.29. The molecule has 0 aliphatic heterocycles. The Morgan fingerprint density at radius 1 is 0.306 bits per heavy atom. The molecule has 0 radical (unpaired) electrons. The molecule has 1 aromatic heterocycles. The molecule has 0 amide bonds. The van der Waals surface area contributed by atoms with Crippen LogP contribution in [0.15, 0.2) is 231 Å². The number of hydrogen-bond acceptors (Lipinski definition) is 4. The maximum absolute atomic E-state index is 14.9. The van der Waals surface area contributed by atoms with E-state index in [4.69, 9.17) is 9.97 Å². The predicted molar refractivity (Wildman–Crippen MR) is 297 cm³/mol. The van der Waals surface area contributed by atoms with E-state index in [-0.39, 0.29) is 0 Å². The van der Waals surface area contributed by atoms with Crippen LogP contribution in [0.5, 0.6) is 0 Å². The summed E-state index contributed by atoms with van der Waals surface area (Å²) < 4.78 is 29.9. The zero-order valence-corrected chi connectivity index (χ0v) is 38.5. The lowest BCUT2D eigenvalue weighted by atomic mass is 9.92. The average molecular weight is 925 g/mol. The molecule has 0 aliphatic carbocycles. The molecule has 0 aliphatic rings. The molecule has 0 fully saturated rings. The molecule has 0 spiro atoms. The molecule has 336 valence electrons. The van der Waals surface area contributed by atoms with E-state index in [9.17, 15) is 8.78 Å². The van der Waals surface area contributed by atoms with Crippen LogP contribution in [0.1, 0.15) is 0 Å². The Balaban J connectivity index is 1.00. The van der Waals surface area contributed by atoms with Gasteiger partial charge >= 0.3 is 0 Å². The van der Waals surface area contributed by atoms with E-state index in [1.54, 1.807) is 6.20 Å². The number of anilines is 6. The van der Waals surface area contributed by atoms with Crippen LogP contribution in [0.4, 0.5) is 42.9 Å². The quantitative estimate of drug-likeness (QED) is 0.149. The number of fused-ring (bicyclic) bond motifs is 6. The van der Waals surface area contributed by atoms with E-state index < -0.39 is 11.6 Å². The number of nitrogens with zero attached hydrogens (tertiary/aromatic N) is 4. The summed E-state index contributed by atoms with van der Waals surface area (Å²) in [4.78, 5) is 15.2. The van der Waals surface area contributed by atoms with E-state index in [0.29, 0.717) is 22.3 Å². The molecule has 15 rings (SSSR count). The van der Waals surface area contributed by atoms with Gasteiger partial charge in [0, 0.05) is 55.9 Å². The van der Waals surface area contributed by atoms with Crippen LogP contribution in [0.2, 0.25) is 0 Å². The van der Waals surface area contributed by atoms with Crippen LogP contribution in [0, 0.1) is 11.6 Å². The first-order valence-corrected chi connectivity index (χ1v) is 24.2. The van der Waals surface area contributed by atoms with Crippen molar-refractivity contribution < 1.29 is 8.78 Å². The third-order valence-electron chi connectivity index (χ3n) is 14.7. The normalized spacial score (nSPS) is 12.0. The first-order chi connectivity index (χ1) is 35.5. The van der Waals surface area contributed by atoms with Gasteiger partial charge in [0.15, 0.2) is 0 Å². The average Bonchev–Trinajstić information content (AvgIpc) is 3.42. The minimum atomic E-state index is -0.679. The molecule has 1 heterocycles. The van der Waals surface area contributed by atoms with Crippen LogP contribution in [-0.2, 0) is 0 Å². The SMILES string of the molecule is Fc1cc(F)cc(-c2cnc3c4cc(N(c5ccccc5)c5cc6cccc7ccc8cccc5c8c76)ccc4c4ccc(N(c5ccccc5)c5cc6cccc7ccc8cccc5c8c76)cc4c3n2)c1. The Hall–Kier alpha value is -9.52. The van der Waals surface area contributed by atoms with Crippen LogP contribution in [0.3, 0.4) is 0 Å². The molecular weight excluding hydrogens is 887 g/mol. The maximum Gasteiger partial charge on any atom is 0.126 e. The number of halogens is 2. The van der Waals surface area contributed by atoms with Crippen molar-refractivity contribution in [3.63, 3.8) is 0 Å². The number of para-hydroxylation sites is 2. The summed E-state index contributed by atoms with van der Waals surface area (Å²) in [5, 5.41) is 18.1. The summed E-state index contributed by atoms with van der Waals surface area (Å²) in [5.41, 5.74) is 7.95. The summed E-state index contributed by atoms with van der Waals surface area (Å²) in [6.07, 6.45) is 1.64. The number of rotatable bonds is 7. The van der Waals surface area contributed by atoms with Gasteiger partial charge in [-0.2, -0.15) is 0 Å². The highest BCUT2D eigenvalue weighted by molar-refractivity contribution is 6.29. The van der Waals surface area contributed by atoms with E-state index in [1.165, 1.54) is 60.6 Å². The van der Waals surface area contributed by atoms with Gasteiger partial charge in [0.2, 0.25) is 0 Å². The topological polar surface area (TPSA) is 32.3 Å². The van der Waals surface area contributed by atoms with Gasteiger partial charge < -0.3 is 9.80 Å². The monoisotopic (exact) mass is 924 g/mol. The fourth-order valence-electron chi connectivity index (χ4n) is 11.7. The van der Waals surface area contributed by atoms with Crippen molar-refractivity contribution in [2.75, 3.05) is 9.80 Å². The van der Waals surface area contributed by atoms with Crippen molar-refractivity contribution in [2.24, 2.45) is 0 Å². The van der Waals surface area contributed by atoms with Gasteiger partial charge in [0.05, 0.1) is 34.3 Å². The minimum absolute atomic E-state index is 0.309. The van der Waals surface area contributed by atoms with E-state index in [1.807, 2.05) is 12.1 Å². The highest BCUT2D eigenvalue weighted by Crippen LogP contribution is 2.49. The van der Waals surface area contributed by atoms with Gasteiger partial charge in [-0.25, -0.2) is 13.8 Å². The van der Waals surface area contributed by atoms with Gasteiger partial charge in [0.25, 0.3) is 0 Å². The maximum atomic E-state index is 14.9. The van der Waals surface area contributed by atoms with Crippen molar-refractivity contribution in [3.8, 4) is 11.3 Å². The molecule has 0 bridgehead atoms. The van der Waals surface area contributed by atoms with Crippen molar-refractivity contribution in [3.05, 3.63) is 242 Å². The zero-order valence-electron chi connectivity index (χ0n) is 38.5. The lowest BCUT2D eigenvalue weighted by Crippen LogP contribution is -2.11. The highest BCUT2D eigenvalue weighted by Gasteiger charge is 2.24. The summed E-state index contributed by atoms with van der Waals surface area (Å²) in [6.45, 7) is 0. The van der Waals surface area contributed by atoms with E-state index >= 15 is 0 Å². The number of benzene rings is 14. The molecule has 0 N–H and O–H groups in total. The van der Waals surface area contributed by atoms with Crippen molar-refractivity contribution in [1.82, 2.24) is 9.97 Å². The third-order valence-corrected chi connectivity index (χ3v) is 14.7. The second-order valence-electron chi connectivity index (χ2n) is 18.8. The molecule has 4 nitrogen and oxygen atoms in total.